The molecule has 0 unspecified atom stereocenters. The van der Waals surface area contributed by atoms with Crippen molar-refractivity contribution in [3.05, 3.63) is 29.5 Å². The summed E-state index contributed by atoms with van der Waals surface area (Å²) < 4.78 is 13.2. The van der Waals surface area contributed by atoms with Gasteiger partial charge in [0.05, 0.1) is 0 Å². The fourth-order valence-corrected chi connectivity index (χ4v) is 11.2. The lowest BCUT2D eigenvalue weighted by Crippen LogP contribution is -2.63. The molecule has 1 rings (SSSR count). The third-order valence-corrected chi connectivity index (χ3v) is 10.2. The van der Waals surface area contributed by atoms with E-state index in [9.17, 15) is 0 Å². The topological polar surface area (TPSA) is 44.5 Å². The molecule has 0 saturated carbocycles. The number of benzene rings is 1. The normalized spacial score (nSPS) is 14.6. The third-order valence-electron chi connectivity index (χ3n) is 4.22. The van der Waals surface area contributed by atoms with Crippen molar-refractivity contribution >= 4 is 33.1 Å². The first-order valence-corrected chi connectivity index (χ1v) is 15.8. The highest BCUT2D eigenvalue weighted by Crippen LogP contribution is 2.21. The predicted octanol–water partition coefficient (Wildman–Crippen LogP) is 4.85. The Morgan fingerprint density at radius 2 is 1.33 bits per heavy atom. The minimum absolute atomic E-state index is 0.172. The maximum atomic E-state index is 6.62. The maximum Gasteiger partial charge on any atom is 0.218 e. The van der Waals surface area contributed by atoms with E-state index in [-0.39, 0.29) is 11.2 Å². The van der Waals surface area contributed by atoms with Crippen LogP contribution in [0.3, 0.4) is 0 Å². The summed E-state index contributed by atoms with van der Waals surface area (Å²) in [5, 5.41) is 2.67. The predicted molar refractivity (Wildman–Crippen MR) is 125 cm³/mol. The molecule has 0 aromatic heterocycles. The van der Waals surface area contributed by atoms with Gasteiger partial charge in [-0.15, -0.1) is 0 Å². The van der Waals surface area contributed by atoms with E-state index >= 15 is 0 Å². The number of hydrogen-bond acceptors (Lipinski definition) is 3. The zero-order chi connectivity index (χ0) is 21.3. The summed E-state index contributed by atoms with van der Waals surface area (Å²) in [5.74, 6) is 0. The van der Waals surface area contributed by atoms with Gasteiger partial charge in [0.15, 0.2) is 0 Å². The van der Waals surface area contributed by atoms with Crippen LogP contribution in [0.4, 0.5) is 0 Å². The summed E-state index contributed by atoms with van der Waals surface area (Å²) in [6.07, 6.45) is 2.93. The van der Waals surface area contributed by atoms with E-state index in [1.807, 2.05) is 0 Å². The zero-order valence-corrected chi connectivity index (χ0v) is 21.4. The number of nitrogens with two attached hydrogens (primary N) is 1. The quantitative estimate of drug-likeness (QED) is 0.686. The molecule has 1 aromatic carbocycles. The molecule has 1 aromatic rings. The van der Waals surface area contributed by atoms with Crippen LogP contribution in [0.15, 0.2) is 23.9 Å². The Bertz CT molecular complexity index is 681. The van der Waals surface area contributed by atoms with Crippen LogP contribution >= 0.6 is 0 Å². The van der Waals surface area contributed by atoms with Crippen LogP contribution in [0.5, 0.6) is 0 Å². The Morgan fingerprint density at radius 3 is 1.74 bits per heavy atom. The highest BCUT2D eigenvalue weighted by molar-refractivity contribution is 6.94. The van der Waals surface area contributed by atoms with Crippen molar-refractivity contribution < 1.29 is 8.85 Å². The molecule has 0 radical (unpaired) electrons. The molecule has 0 bridgehead atoms. The van der Waals surface area contributed by atoms with Crippen LogP contribution < -0.4 is 16.1 Å². The van der Waals surface area contributed by atoms with Crippen LogP contribution in [0.1, 0.15) is 60.5 Å². The summed E-state index contributed by atoms with van der Waals surface area (Å²) in [7, 11) is -4.27. The van der Waals surface area contributed by atoms with Gasteiger partial charge < -0.3 is 14.6 Å². The minimum atomic E-state index is -2.15. The number of allylic oxidation sites excluding steroid dienone is 1. The van der Waals surface area contributed by atoms with E-state index in [1.54, 1.807) is 0 Å². The van der Waals surface area contributed by atoms with Gasteiger partial charge in [0.25, 0.3) is 0 Å². The Labute approximate surface area is 169 Å². The third kappa shape index (κ3) is 7.56. The lowest BCUT2D eigenvalue weighted by Gasteiger charge is -2.39. The molecule has 0 aliphatic heterocycles. The summed E-state index contributed by atoms with van der Waals surface area (Å²) >= 11 is 0. The molecule has 0 amide bonds. The van der Waals surface area contributed by atoms with E-state index in [4.69, 9.17) is 14.6 Å². The van der Waals surface area contributed by atoms with E-state index in [0.717, 1.165) is 17.7 Å². The molecule has 0 spiro atoms. The highest BCUT2D eigenvalue weighted by atomic mass is 28.4. The molecule has 154 valence electrons. The SMILES string of the molecule is CC/C(N)=C/c1ccc([Si](C)(C)OC(C)(C)C)c([Si](C)(C)OC(C)(C)C)c1. The molecule has 0 aliphatic carbocycles. The van der Waals surface area contributed by atoms with Crippen LogP contribution in [0.25, 0.3) is 6.08 Å². The summed E-state index contributed by atoms with van der Waals surface area (Å²) in [4.78, 5) is 0. The van der Waals surface area contributed by atoms with Crippen LogP contribution in [0, 0.1) is 0 Å². The Kier molecular flexibility index (Phi) is 7.37. The van der Waals surface area contributed by atoms with Gasteiger partial charge in [0, 0.05) is 16.9 Å². The molecule has 0 fully saturated rings. The van der Waals surface area contributed by atoms with Gasteiger partial charge in [-0.25, -0.2) is 0 Å². The van der Waals surface area contributed by atoms with Crippen LogP contribution in [-0.2, 0) is 8.85 Å². The van der Waals surface area contributed by atoms with E-state index < -0.39 is 16.6 Å². The Balaban J connectivity index is 3.59. The Hall–Kier alpha value is -0.886. The first-order valence-electron chi connectivity index (χ1n) is 9.98. The summed E-state index contributed by atoms with van der Waals surface area (Å²) in [6.45, 7) is 24.0. The molecule has 27 heavy (non-hydrogen) atoms. The van der Waals surface area contributed by atoms with Crippen LogP contribution in [0.2, 0.25) is 26.2 Å². The first kappa shape index (κ1) is 24.2. The average Bonchev–Trinajstić information content (AvgIpc) is 2.41. The van der Waals surface area contributed by atoms with Gasteiger partial charge in [0.1, 0.15) is 0 Å². The molecule has 0 heterocycles. The van der Waals surface area contributed by atoms with Crippen molar-refractivity contribution in [2.45, 2.75) is 92.3 Å². The molecule has 3 nitrogen and oxygen atoms in total. The molecule has 0 atom stereocenters. The van der Waals surface area contributed by atoms with Gasteiger partial charge in [-0.2, -0.15) is 0 Å². The maximum absolute atomic E-state index is 6.62. The fourth-order valence-electron chi connectivity index (χ4n) is 3.63. The highest BCUT2D eigenvalue weighted by Gasteiger charge is 2.39. The minimum Gasteiger partial charge on any atom is -0.408 e. The second-order valence-electron chi connectivity index (χ2n) is 10.3. The van der Waals surface area contributed by atoms with Crippen LogP contribution in [-0.4, -0.2) is 27.8 Å². The molecule has 2 N–H and O–H groups in total. The summed E-state index contributed by atoms with van der Waals surface area (Å²) in [5.41, 5.74) is 7.78. The summed E-state index contributed by atoms with van der Waals surface area (Å²) in [6, 6.07) is 6.71. The van der Waals surface area contributed by atoms with Crippen molar-refractivity contribution in [2.24, 2.45) is 5.73 Å². The van der Waals surface area contributed by atoms with Crippen molar-refractivity contribution in [3.8, 4) is 0 Å². The number of hydrogen-bond donors (Lipinski definition) is 1. The van der Waals surface area contributed by atoms with Crippen molar-refractivity contribution in [1.29, 1.82) is 0 Å². The molecular weight excluding hydrogens is 366 g/mol. The van der Waals surface area contributed by atoms with E-state index in [2.05, 4.69) is 98.9 Å². The van der Waals surface area contributed by atoms with Gasteiger partial charge >= 0.3 is 0 Å². The number of rotatable bonds is 6. The molecular formula is C22H41NO2Si2. The average molecular weight is 408 g/mol. The van der Waals surface area contributed by atoms with Gasteiger partial charge in [0.2, 0.25) is 16.6 Å². The smallest absolute Gasteiger partial charge is 0.218 e. The van der Waals surface area contributed by atoms with Gasteiger partial charge in [-0.1, -0.05) is 25.1 Å². The van der Waals surface area contributed by atoms with Crippen molar-refractivity contribution in [1.82, 2.24) is 0 Å². The molecule has 0 aliphatic rings. The molecule has 5 heteroatoms. The largest absolute Gasteiger partial charge is 0.408 e. The zero-order valence-electron chi connectivity index (χ0n) is 19.4. The second-order valence-corrected chi connectivity index (χ2v) is 17.9. The lowest BCUT2D eigenvalue weighted by atomic mass is 10.2. The van der Waals surface area contributed by atoms with E-state index in [0.29, 0.717) is 0 Å². The Morgan fingerprint density at radius 1 is 0.889 bits per heavy atom. The van der Waals surface area contributed by atoms with E-state index in [1.165, 1.54) is 10.4 Å². The van der Waals surface area contributed by atoms with Gasteiger partial charge in [-0.05, 0) is 96.2 Å². The lowest BCUT2D eigenvalue weighted by molar-refractivity contribution is 0.123. The van der Waals surface area contributed by atoms with Gasteiger partial charge in [-0.3, -0.25) is 0 Å². The first-order chi connectivity index (χ1) is 12.0. The van der Waals surface area contributed by atoms with Crippen molar-refractivity contribution in [2.75, 3.05) is 0 Å². The molecule has 0 saturated heterocycles. The fraction of sp³-hybridized carbons (Fsp3) is 0.636. The second kappa shape index (κ2) is 8.23. The monoisotopic (exact) mass is 407 g/mol. The standard InChI is InChI=1S/C22H41NO2Si2/c1-12-18(23)15-17-13-14-19(26(8,9)24-21(2,3)4)20(16-17)27(10,11)25-22(5,6)7/h13-16H,12,23H2,1-11H3/b18-15-. The van der Waals surface area contributed by atoms with Crippen molar-refractivity contribution in [3.63, 3.8) is 0 Å².